The average Bonchev–Trinajstić information content (AvgIpc) is 3.50. The van der Waals surface area contributed by atoms with E-state index in [0.717, 1.165) is 24.6 Å². The van der Waals surface area contributed by atoms with Crippen LogP contribution < -0.4 is 0 Å². The third-order valence-corrected chi connectivity index (χ3v) is 13.1. The van der Waals surface area contributed by atoms with Crippen LogP contribution in [0, 0.1) is 18.8 Å². The van der Waals surface area contributed by atoms with E-state index < -0.39 is 15.8 Å². The van der Waals surface area contributed by atoms with Crippen LogP contribution in [-0.2, 0) is 4.43 Å². The van der Waals surface area contributed by atoms with Crippen LogP contribution in [0.1, 0.15) is 49.8 Å². The number of carbonyl (C=O) groups is 1. The molecule has 0 N–H and O–H groups in total. The molecule has 3 heterocycles. The Labute approximate surface area is 193 Å². The average molecular weight is 469 g/mol. The van der Waals surface area contributed by atoms with E-state index in [0.29, 0.717) is 29.6 Å². The highest BCUT2D eigenvalue weighted by Gasteiger charge is 2.49. The van der Waals surface area contributed by atoms with Gasteiger partial charge in [-0.3, -0.25) is 4.79 Å². The first-order valence-electron chi connectivity index (χ1n) is 11.3. The highest BCUT2D eigenvalue weighted by Crippen LogP contribution is 2.48. The number of hydrogen-bond acceptors (Lipinski definition) is 5. The number of likely N-dealkylation sites (tertiary alicyclic amines) is 1. The second kappa shape index (κ2) is 9.12. The summed E-state index contributed by atoms with van der Waals surface area (Å²) in [6, 6.07) is 5.67. The number of amides is 1. The van der Waals surface area contributed by atoms with E-state index in [-0.39, 0.29) is 17.0 Å². The van der Waals surface area contributed by atoms with Crippen molar-refractivity contribution in [2.75, 3.05) is 19.8 Å². The van der Waals surface area contributed by atoms with E-state index in [1.807, 2.05) is 24.0 Å². The molecular formula is C24H33N4O2PSi+. The molecule has 32 heavy (non-hydrogen) atoms. The molecule has 0 bridgehead atoms. The van der Waals surface area contributed by atoms with Gasteiger partial charge in [-0.1, -0.05) is 20.8 Å². The quantitative estimate of drug-likeness (QED) is 0.460. The zero-order valence-corrected chi connectivity index (χ0v) is 21.6. The lowest BCUT2D eigenvalue weighted by molar-refractivity contribution is 0.0505. The molecule has 1 saturated carbocycles. The first-order valence-corrected chi connectivity index (χ1v) is 15.5. The van der Waals surface area contributed by atoms with Gasteiger partial charge in [0.1, 0.15) is 5.69 Å². The molecule has 8 heteroatoms. The molecule has 4 unspecified atom stereocenters. The van der Waals surface area contributed by atoms with Gasteiger partial charge in [-0.15, -0.1) is 0 Å². The van der Waals surface area contributed by atoms with E-state index in [1.54, 1.807) is 18.5 Å². The molecule has 2 aliphatic rings. The minimum atomic E-state index is -1.07. The van der Waals surface area contributed by atoms with E-state index >= 15 is 0 Å². The fraction of sp³-hybridized carbons (Fsp3) is 0.542. The van der Waals surface area contributed by atoms with Gasteiger partial charge in [-0.2, -0.15) is 0 Å². The molecule has 1 amide bonds. The Kier molecular flexibility index (Phi) is 6.62. The van der Waals surface area contributed by atoms with Crippen LogP contribution in [-0.4, -0.2) is 66.6 Å². The van der Waals surface area contributed by atoms with Gasteiger partial charge >= 0.3 is 8.71 Å². The Balaban J connectivity index is 1.61. The number of pyridine rings is 1. The molecule has 4 atom stereocenters. The third-order valence-electron chi connectivity index (χ3n) is 6.22. The van der Waals surface area contributed by atoms with E-state index in [9.17, 15) is 4.79 Å². The van der Waals surface area contributed by atoms with Crippen molar-refractivity contribution >= 4 is 28.0 Å². The summed E-state index contributed by atoms with van der Waals surface area (Å²) in [6.45, 7) is 12.2. The van der Waals surface area contributed by atoms with E-state index in [4.69, 9.17) is 4.43 Å². The molecule has 2 aromatic heterocycles. The minimum Gasteiger partial charge on any atom is -0.376 e. The zero-order valence-electron chi connectivity index (χ0n) is 19.7. The zero-order chi connectivity index (χ0) is 23.0. The summed E-state index contributed by atoms with van der Waals surface area (Å²) in [5, 5.41) is 0.119. The normalized spacial score (nSPS) is 23.1. The minimum absolute atomic E-state index is 0.0342. The fourth-order valence-electron chi connectivity index (χ4n) is 4.66. The SMILES string of the molecule is C=[P+](C)[Si](OCC1CC2CC2CN1C(=O)c1nc(C)ccc1-c1ncccn1)C(C)(C)C. The summed E-state index contributed by atoms with van der Waals surface area (Å²) in [5.41, 5.74) is 1.94. The number of fused-ring (bicyclic) bond motifs is 1. The first kappa shape index (κ1) is 23.2. The summed E-state index contributed by atoms with van der Waals surface area (Å²) >= 11 is 0. The maximum atomic E-state index is 13.8. The molecular weight excluding hydrogens is 435 g/mol. The fourth-order valence-corrected chi connectivity index (χ4v) is 11.1. The van der Waals surface area contributed by atoms with E-state index in [1.165, 1.54) is 6.42 Å². The van der Waals surface area contributed by atoms with Crippen LogP contribution in [0.15, 0.2) is 30.6 Å². The largest absolute Gasteiger partial charge is 0.499 e. The molecule has 4 rings (SSSR count). The highest BCUT2D eigenvalue weighted by molar-refractivity contribution is 7.87. The Morgan fingerprint density at radius 1 is 1.25 bits per heavy atom. The van der Waals surface area contributed by atoms with Gasteiger partial charge in [-0.25, -0.2) is 15.0 Å². The van der Waals surface area contributed by atoms with Gasteiger partial charge in [0.05, 0.1) is 38.3 Å². The molecule has 0 aromatic carbocycles. The monoisotopic (exact) mass is 468 g/mol. The molecule has 1 aliphatic heterocycles. The van der Waals surface area contributed by atoms with Crippen LogP contribution in [0.5, 0.6) is 0 Å². The van der Waals surface area contributed by atoms with Crippen molar-refractivity contribution in [1.29, 1.82) is 0 Å². The van der Waals surface area contributed by atoms with Crippen LogP contribution in [0.2, 0.25) is 5.04 Å². The van der Waals surface area contributed by atoms with Crippen LogP contribution in [0.25, 0.3) is 11.4 Å². The number of piperidine rings is 1. The summed E-state index contributed by atoms with van der Waals surface area (Å²) in [7, 11) is -1.46. The van der Waals surface area contributed by atoms with Crippen molar-refractivity contribution in [2.24, 2.45) is 11.8 Å². The Bertz CT molecular complexity index is 1010. The standard InChI is InChI=1S/C24H33N4O2PSi/c1-16-8-9-20(22-25-10-7-11-26-22)21(27-16)23(29)28-14-18-12-17(18)13-19(28)15-30-32(31(5)6)24(2,3)4/h7-11,17-19H,5,12-15H2,1-4,6H3/q+1. The third kappa shape index (κ3) is 5.00. The molecule has 169 valence electrons. The van der Waals surface area contributed by atoms with E-state index in [2.05, 4.69) is 48.7 Å². The molecule has 0 spiro atoms. The van der Waals surface area contributed by atoms with Crippen LogP contribution >= 0.6 is 7.09 Å². The van der Waals surface area contributed by atoms with Crippen molar-refractivity contribution in [1.82, 2.24) is 19.9 Å². The van der Waals surface area contributed by atoms with Crippen molar-refractivity contribution in [3.63, 3.8) is 0 Å². The molecule has 6 nitrogen and oxygen atoms in total. The number of aromatic nitrogens is 3. The van der Waals surface area contributed by atoms with Crippen molar-refractivity contribution < 1.29 is 9.22 Å². The summed E-state index contributed by atoms with van der Waals surface area (Å²) in [6.07, 6.45) is 9.94. The van der Waals surface area contributed by atoms with Crippen molar-refractivity contribution in [2.45, 2.75) is 51.6 Å². The predicted molar refractivity (Wildman–Crippen MR) is 132 cm³/mol. The first-order chi connectivity index (χ1) is 15.1. The van der Waals surface area contributed by atoms with Gasteiger partial charge in [0, 0.05) is 29.7 Å². The van der Waals surface area contributed by atoms with Crippen molar-refractivity contribution in [3.8, 4) is 11.4 Å². The second-order valence-electron chi connectivity index (χ2n) is 10.1. The van der Waals surface area contributed by atoms with Gasteiger partial charge < -0.3 is 9.33 Å². The Hall–Kier alpha value is -1.95. The van der Waals surface area contributed by atoms with Crippen molar-refractivity contribution in [3.05, 3.63) is 42.0 Å². The van der Waals surface area contributed by atoms with Gasteiger partial charge in [0.2, 0.25) is 0 Å². The predicted octanol–water partition coefficient (Wildman–Crippen LogP) is 4.55. The topological polar surface area (TPSA) is 68.2 Å². The van der Waals surface area contributed by atoms with Gasteiger partial charge in [0.25, 0.3) is 5.91 Å². The highest BCUT2D eigenvalue weighted by atomic mass is 31.4. The Morgan fingerprint density at radius 2 is 1.97 bits per heavy atom. The summed E-state index contributed by atoms with van der Waals surface area (Å²) in [4.78, 5) is 29.3. The summed E-state index contributed by atoms with van der Waals surface area (Å²) < 4.78 is 6.56. The number of nitrogens with zero attached hydrogens (tertiary/aromatic N) is 4. The van der Waals surface area contributed by atoms with Crippen LogP contribution in [0.4, 0.5) is 0 Å². The lowest BCUT2D eigenvalue weighted by atomic mass is 10.0. The lowest BCUT2D eigenvalue weighted by Gasteiger charge is -2.36. The molecule has 2 aromatic rings. The van der Waals surface area contributed by atoms with Gasteiger partial charge in [0.15, 0.2) is 5.82 Å². The summed E-state index contributed by atoms with van der Waals surface area (Å²) in [5.74, 6) is 1.83. The Morgan fingerprint density at radius 3 is 2.62 bits per heavy atom. The second-order valence-corrected chi connectivity index (χ2v) is 17.4. The number of carbonyl (C=O) groups excluding carboxylic acids is 1. The molecule has 1 aliphatic carbocycles. The molecule has 1 radical (unpaired) electrons. The number of hydrogen-bond donors (Lipinski definition) is 0. The maximum absolute atomic E-state index is 13.8. The number of rotatable bonds is 6. The molecule has 2 fully saturated rings. The molecule has 1 saturated heterocycles. The maximum Gasteiger partial charge on any atom is 0.499 e. The number of aryl methyl sites for hydroxylation is 1. The van der Waals surface area contributed by atoms with Crippen LogP contribution in [0.3, 0.4) is 0 Å². The lowest BCUT2D eigenvalue weighted by Crippen LogP contribution is -2.48. The smallest absolute Gasteiger partial charge is 0.376 e. The van der Waals surface area contributed by atoms with Gasteiger partial charge in [-0.05, 0) is 49.8 Å².